The van der Waals surface area contributed by atoms with Gasteiger partial charge in [0.25, 0.3) is 0 Å². The molecule has 0 saturated carbocycles. The van der Waals surface area contributed by atoms with E-state index in [1.807, 2.05) is 18.2 Å². The lowest BCUT2D eigenvalue weighted by Crippen LogP contribution is -2.28. The van der Waals surface area contributed by atoms with E-state index >= 15 is 0 Å². The first-order chi connectivity index (χ1) is 10.8. The van der Waals surface area contributed by atoms with E-state index in [1.54, 1.807) is 43.2 Å². The van der Waals surface area contributed by atoms with E-state index in [1.165, 1.54) is 0 Å². The zero-order chi connectivity index (χ0) is 15.2. The summed E-state index contributed by atoms with van der Waals surface area (Å²) in [6, 6.07) is 8.90. The van der Waals surface area contributed by atoms with Gasteiger partial charge in [-0.1, -0.05) is 6.07 Å². The van der Waals surface area contributed by atoms with Crippen molar-refractivity contribution in [1.82, 2.24) is 15.3 Å². The Hall–Kier alpha value is -3.15. The number of amides is 2. The molecule has 0 unspecified atom stereocenters. The molecule has 2 N–H and O–H groups in total. The number of urea groups is 1. The van der Waals surface area contributed by atoms with Crippen molar-refractivity contribution in [2.45, 2.75) is 6.54 Å². The Balaban J connectivity index is 1.54. The molecule has 0 aliphatic carbocycles. The molecular weight excluding hydrogens is 280 g/mol. The molecule has 0 atom stereocenters. The normalized spacial score (nSPS) is 10.2. The summed E-state index contributed by atoms with van der Waals surface area (Å²) in [6.07, 6.45) is 8.21. The van der Waals surface area contributed by atoms with Crippen LogP contribution < -0.4 is 10.6 Å². The molecule has 0 spiro atoms. The summed E-state index contributed by atoms with van der Waals surface area (Å²) in [4.78, 5) is 20.0. The van der Waals surface area contributed by atoms with Crippen LogP contribution >= 0.6 is 0 Å². The van der Waals surface area contributed by atoms with Crippen LogP contribution in [0.5, 0.6) is 0 Å². The molecule has 0 bridgehead atoms. The van der Waals surface area contributed by atoms with E-state index in [2.05, 4.69) is 20.6 Å². The topological polar surface area (TPSA) is 80.0 Å². The average molecular weight is 294 g/mol. The first-order valence-electron chi connectivity index (χ1n) is 6.73. The molecule has 0 aromatic carbocycles. The number of nitrogens with zero attached hydrogens (tertiary/aromatic N) is 2. The van der Waals surface area contributed by atoms with Gasteiger partial charge in [-0.2, -0.15) is 0 Å². The minimum absolute atomic E-state index is 0.285. The van der Waals surface area contributed by atoms with Gasteiger partial charge in [0.05, 0.1) is 30.1 Å². The number of hydrogen-bond acceptors (Lipinski definition) is 4. The molecule has 110 valence electrons. The van der Waals surface area contributed by atoms with Crippen molar-refractivity contribution in [2.24, 2.45) is 0 Å². The highest BCUT2D eigenvalue weighted by Crippen LogP contribution is 2.17. The maximum Gasteiger partial charge on any atom is 0.319 e. The first kappa shape index (κ1) is 13.8. The predicted molar refractivity (Wildman–Crippen MR) is 82.0 cm³/mol. The second kappa shape index (κ2) is 6.53. The van der Waals surface area contributed by atoms with Gasteiger partial charge >= 0.3 is 6.03 Å². The van der Waals surface area contributed by atoms with Crippen molar-refractivity contribution < 1.29 is 9.21 Å². The van der Waals surface area contributed by atoms with E-state index in [9.17, 15) is 4.79 Å². The number of nitrogens with one attached hydrogen (secondary N) is 2. The fourth-order valence-corrected chi connectivity index (χ4v) is 1.90. The Bertz CT molecular complexity index is 725. The molecule has 6 nitrogen and oxygen atoms in total. The molecule has 3 aromatic rings. The Morgan fingerprint density at radius 2 is 2.14 bits per heavy atom. The number of anilines is 1. The van der Waals surface area contributed by atoms with Crippen LogP contribution in [0.3, 0.4) is 0 Å². The van der Waals surface area contributed by atoms with Gasteiger partial charge in [0.15, 0.2) is 0 Å². The molecule has 0 radical (unpaired) electrons. The lowest BCUT2D eigenvalue weighted by molar-refractivity contribution is 0.251. The number of hydrogen-bond donors (Lipinski definition) is 2. The molecular formula is C16H14N4O2. The molecule has 0 saturated heterocycles. The van der Waals surface area contributed by atoms with Crippen molar-refractivity contribution in [3.05, 3.63) is 67.0 Å². The van der Waals surface area contributed by atoms with Gasteiger partial charge in [-0.3, -0.25) is 9.97 Å². The second-order valence-electron chi connectivity index (χ2n) is 4.61. The van der Waals surface area contributed by atoms with Crippen molar-refractivity contribution in [1.29, 1.82) is 0 Å². The summed E-state index contributed by atoms with van der Waals surface area (Å²) < 4.78 is 5.02. The summed E-state index contributed by atoms with van der Waals surface area (Å²) in [5.74, 6) is 0. The number of aromatic nitrogens is 2. The molecule has 22 heavy (non-hydrogen) atoms. The van der Waals surface area contributed by atoms with Crippen molar-refractivity contribution in [3.63, 3.8) is 0 Å². The Labute approximate surface area is 127 Å². The van der Waals surface area contributed by atoms with Crippen LogP contribution in [0.2, 0.25) is 0 Å². The third-order valence-corrected chi connectivity index (χ3v) is 3.01. The van der Waals surface area contributed by atoms with Crippen LogP contribution in [0.4, 0.5) is 10.5 Å². The Morgan fingerprint density at radius 1 is 1.18 bits per heavy atom. The highest BCUT2D eigenvalue weighted by Gasteiger charge is 2.03. The quantitative estimate of drug-likeness (QED) is 0.775. The minimum atomic E-state index is -0.285. The summed E-state index contributed by atoms with van der Waals surface area (Å²) >= 11 is 0. The Morgan fingerprint density at radius 3 is 2.82 bits per heavy atom. The van der Waals surface area contributed by atoms with Crippen LogP contribution in [-0.4, -0.2) is 16.0 Å². The van der Waals surface area contributed by atoms with Crippen LogP contribution in [0, 0.1) is 0 Å². The third kappa shape index (κ3) is 3.49. The predicted octanol–water partition coefficient (Wildman–Crippen LogP) is 3.06. The van der Waals surface area contributed by atoms with E-state index < -0.39 is 0 Å². The molecule has 3 aromatic heterocycles. The van der Waals surface area contributed by atoms with Gasteiger partial charge in [-0.15, -0.1) is 0 Å². The fourth-order valence-electron chi connectivity index (χ4n) is 1.90. The summed E-state index contributed by atoms with van der Waals surface area (Å²) in [7, 11) is 0. The van der Waals surface area contributed by atoms with E-state index in [0.29, 0.717) is 12.2 Å². The SMILES string of the molecule is O=C(NCc1ccc(-c2ccoc2)nc1)Nc1cccnc1. The zero-order valence-electron chi connectivity index (χ0n) is 11.7. The molecule has 0 aliphatic heterocycles. The lowest BCUT2D eigenvalue weighted by Gasteiger charge is -2.07. The van der Waals surface area contributed by atoms with Crippen LogP contribution in [-0.2, 0) is 6.54 Å². The summed E-state index contributed by atoms with van der Waals surface area (Å²) in [5, 5.41) is 5.47. The number of furan rings is 1. The average Bonchev–Trinajstić information content (AvgIpc) is 3.09. The molecule has 3 heterocycles. The molecule has 0 aliphatic rings. The van der Waals surface area contributed by atoms with Crippen LogP contribution in [0.1, 0.15) is 5.56 Å². The highest BCUT2D eigenvalue weighted by molar-refractivity contribution is 5.88. The number of carbonyl (C=O) groups is 1. The van der Waals surface area contributed by atoms with Crippen molar-refractivity contribution in [3.8, 4) is 11.3 Å². The number of rotatable bonds is 4. The van der Waals surface area contributed by atoms with Crippen molar-refractivity contribution >= 4 is 11.7 Å². The largest absolute Gasteiger partial charge is 0.472 e. The molecule has 0 fully saturated rings. The zero-order valence-corrected chi connectivity index (χ0v) is 11.7. The first-order valence-corrected chi connectivity index (χ1v) is 6.73. The van der Waals surface area contributed by atoms with Crippen LogP contribution in [0.25, 0.3) is 11.3 Å². The van der Waals surface area contributed by atoms with Gasteiger partial charge in [-0.05, 0) is 29.8 Å². The molecule has 2 amide bonds. The van der Waals surface area contributed by atoms with E-state index in [-0.39, 0.29) is 6.03 Å². The van der Waals surface area contributed by atoms with Gasteiger partial charge in [0.2, 0.25) is 0 Å². The third-order valence-electron chi connectivity index (χ3n) is 3.01. The van der Waals surface area contributed by atoms with Gasteiger partial charge in [-0.25, -0.2) is 4.79 Å². The van der Waals surface area contributed by atoms with Crippen molar-refractivity contribution in [2.75, 3.05) is 5.32 Å². The number of pyridine rings is 2. The molecule has 6 heteroatoms. The highest BCUT2D eigenvalue weighted by atomic mass is 16.3. The smallest absolute Gasteiger partial charge is 0.319 e. The maximum atomic E-state index is 11.8. The minimum Gasteiger partial charge on any atom is -0.472 e. The lowest BCUT2D eigenvalue weighted by atomic mass is 10.2. The van der Waals surface area contributed by atoms with Crippen LogP contribution in [0.15, 0.2) is 65.9 Å². The number of carbonyl (C=O) groups excluding carboxylic acids is 1. The summed E-state index contributed by atoms with van der Waals surface area (Å²) in [5.41, 5.74) is 3.31. The van der Waals surface area contributed by atoms with E-state index in [4.69, 9.17) is 4.42 Å². The standard InChI is InChI=1S/C16H14N4O2/c21-16(20-14-2-1-6-17-10-14)19-9-12-3-4-15(18-8-12)13-5-7-22-11-13/h1-8,10-11H,9H2,(H2,19,20,21). The second-order valence-corrected chi connectivity index (χ2v) is 4.61. The Kier molecular flexibility index (Phi) is 4.10. The van der Waals surface area contributed by atoms with E-state index in [0.717, 1.165) is 16.8 Å². The summed E-state index contributed by atoms with van der Waals surface area (Å²) in [6.45, 7) is 0.394. The monoisotopic (exact) mass is 294 g/mol. The molecule has 3 rings (SSSR count). The fraction of sp³-hybridized carbons (Fsp3) is 0.0625. The van der Waals surface area contributed by atoms with Gasteiger partial charge < -0.3 is 15.1 Å². The van der Waals surface area contributed by atoms with Gasteiger partial charge in [0, 0.05) is 24.5 Å². The maximum absolute atomic E-state index is 11.8. The van der Waals surface area contributed by atoms with Gasteiger partial charge in [0.1, 0.15) is 0 Å².